The predicted molar refractivity (Wildman–Crippen MR) is 73.1 cm³/mol. The molecule has 0 aromatic heterocycles. The summed E-state index contributed by atoms with van der Waals surface area (Å²) in [4.78, 5) is 0. The zero-order valence-corrected chi connectivity index (χ0v) is 11.6. The van der Waals surface area contributed by atoms with Crippen LogP contribution in [0.3, 0.4) is 0 Å². The second kappa shape index (κ2) is 5.87. The summed E-state index contributed by atoms with van der Waals surface area (Å²) in [5, 5.41) is 11.6. The first kappa shape index (κ1) is 14.3. The molecule has 0 saturated carbocycles. The molecule has 104 valence electrons. The Balaban J connectivity index is 2.46. The van der Waals surface area contributed by atoms with Gasteiger partial charge in [0.1, 0.15) is 5.75 Å². The third kappa shape index (κ3) is 2.88. The molecule has 20 heavy (non-hydrogen) atoms. The molecule has 4 nitrogen and oxygen atoms in total. The molecular weight excluding hydrogens is 334 g/mol. The van der Waals surface area contributed by atoms with E-state index in [0.29, 0.717) is 4.47 Å². The van der Waals surface area contributed by atoms with Gasteiger partial charge in [-0.2, -0.15) is 4.39 Å². The van der Waals surface area contributed by atoms with E-state index in [-0.39, 0.29) is 22.9 Å². The molecule has 0 spiro atoms. The lowest BCUT2D eigenvalue weighted by Gasteiger charge is -2.11. The average molecular weight is 343 g/mol. The number of nitrogens with two attached hydrogens (primary N) is 1. The van der Waals surface area contributed by atoms with Gasteiger partial charge in [0.15, 0.2) is 17.4 Å². The lowest BCUT2D eigenvalue weighted by Crippen LogP contribution is -2.14. The van der Waals surface area contributed by atoms with Crippen molar-refractivity contribution in [1.29, 1.82) is 0 Å². The number of halogens is 3. The quantitative estimate of drug-likeness (QED) is 0.387. The molecule has 3 N–H and O–H groups in total. The maximum absolute atomic E-state index is 13.6. The largest absolute Gasteiger partial charge is 0.453 e. The molecule has 0 radical (unpaired) electrons. The molecule has 2 aromatic rings. The van der Waals surface area contributed by atoms with Gasteiger partial charge >= 0.3 is 0 Å². The van der Waals surface area contributed by atoms with Crippen LogP contribution in [-0.4, -0.2) is 11.0 Å². The van der Waals surface area contributed by atoms with Gasteiger partial charge in [-0.1, -0.05) is 27.2 Å². The van der Waals surface area contributed by atoms with Crippen LogP contribution in [0.5, 0.6) is 11.5 Å². The second-order valence-electron chi connectivity index (χ2n) is 3.78. The number of ether oxygens (including phenoxy) is 1. The van der Waals surface area contributed by atoms with E-state index in [0.717, 1.165) is 6.07 Å². The van der Waals surface area contributed by atoms with Crippen molar-refractivity contribution in [2.45, 2.75) is 0 Å². The first-order valence-electron chi connectivity index (χ1n) is 5.42. The molecule has 0 aliphatic carbocycles. The number of amidine groups is 1. The van der Waals surface area contributed by atoms with E-state index < -0.39 is 11.6 Å². The van der Waals surface area contributed by atoms with E-state index in [2.05, 4.69) is 21.1 Å². The molecule has 0 amide bonds. The molecule has 2 aromatic carbocycles. The van der Waals surface area contributed by atoms with Crippen molar-refractivity contribution < 1.29 is 18.7 Å². The van der Waals surface area contributed by atoms with Crippen LogP contribution in [0.1, 0.15) is 5.56 Å². The highest BCUT2D eigenvalue weighted by molar-refractivity contribution is 9.10. The van der Waals surface area contributed by atoms with Gasteiger partial charge in [-0.25, -0.2) is 4.39 Å². The van der Waals surface area contributed by atoms with Crippen molar-refractivity contribution in [1.82, 2.24) is 0 Å². The Bertz CT molecular complexity index is 677. The summed E-state index contributed by atoms with van der Waals surface area (Å²) in [5.41, 5.74) is 5.76. The molecule has 2 rings (SSSR count). The molecule has 0 unspecified atom stereocenters. The van der Waals surface area contributed by atoms with Crippen LogP contribution in [0, 0.1) is 11.6 Å². The smallest absolute Gasteiger partial charge is 0.201 e. The molecule has 0 saturated heterocycles. The number of nitrogens with zero attached hydrogens (tertiary/aromatic N) is 1. The van der Waals surface area contributed by atoms with Crippen LogP contribution >= 0.6 is 15.9 Å². The van der Waals surface area contributed by atoms with Gasteiger partial charge in [0.25, 0.3) is 0 Å². The Hall–Kier alpha value is -2.15. The van der Waals surface area contributed by atoms with E-state index in [4.69, 9.17) is 15.7 Å². The van der Waals surface area contributed by atoms with Crippen molar-refractivity contribution in [2.24, 2.45) is 10.9 Å². The van der Waals surface area contributed by atoms with Crippen molar-refractivity contribution in [3.05, 3.63) is 58.1 Å². The predicted octanol–water partition coefficient (Wildman–Crippen LogP) is 3.61. The highest BCUT2D eigenvalue weighted by Crippen LogP contribution is 2.30. The number of hydrogen-bond donors (Lipinski definition) is 2. The lowest BCUT2D eigenvalue weighted by atomic mass is 10.2. The van der Waals surface area contributed by atoms with Gasteiger partial charge in [-0.05, 0) is 30.3 Å². The van der Waals surface area contributed by atoms with E-state index >= 15 is 0 Å². The second-order valence-corrected chi connectivity index (χ2v) is 4.70. The van der Waals surface area contributed by atoms with Gasteiger partial charge < -0.3 is 15.7 Å². The molecule has 7 heteroatoms. The number of oxime groups is 1. The Morgan fingerprint density at radius 1 is 1.20 bits per heavy atom. The van der Waals surface area contributed by atoms with E-state index in [1.165, 1.54) is 24.3 Å². The van der Waals surface area contributed by atoms with Crippen LogP contribution in [0.15, 0.2) is 46.0 Å². The van der Waals surface area contributed by atoms with E-state index in [1.807, 2.05) is 0 Å². The molecular formula is C13H9BrF2N2O2. The maximum Gasteiger partial charge on any atom is 0.201 e. The standard InChI is InChI=1S/C13H9BrF2N2O2/c14-7-4-5-10(8(6-7)13(17)18-19)20-11-3-1-2-9(15)12(11)16/h1-6,19H,(H2,17,18). The highest BCUT2D eigenvalue weighted by atomic mass is 79.9. The van der Waals surface area contributed by atoms with Gasteiger partial charge in [-0.15, -0.1) is 0 Å². The Morgan fingerprint density at radius 2 is 1.95 bits per heavy atom. The maximum atomic E-state index is 13.6. The third-order valence-electron chi connectivity index (χ3n) is 2.46. The number of hydrogen-bond acceptors (Lipinski definition) is 3. The number of benzene rings is 2. The highest BCUT2D eigenvalue weighted by Gasteiger charge is 2.14. The monoisotopic (exact) mass is 342 g/mol. The van der Waals surface area contributed by atoms with Crippen LogP contribution in [-0.2, 0) is 0 Å². The van der Waals surface area contributed by atoms with Gasteiger partial charge in [0.05, 0.1) is 5.56 Å². The molecule has 0 bridgehead atoms. The summed E-state index contributed by atoms with van der Waals surface area (Å²) in [6, 6.07) is 8.21. The lowest BCUT2D eigenvalue weighted by molar-refractivity contribution is 0.318. The van der Waals surface area contributed by atoms with Gasteiger partial charge in [-0.3, -0.25) is 0 Å². The topological polar surface area (TPSA) is 67.8 Å². The SMILES string of the molecule is N/C(=N/O)c1cc(Br)ccc1Oc1cccc(F)c1F. The zero-order valence-electron chi connectivity index (χ0n) is 9.98. The summed E-state index contributed by atoms with van der Waals surface area (Å²) in [6.07, 6.45) is 0. The summed E-state index contributed by atoms with van der Waals surface area (Å²) < 4.78 is 32.6. The van der Waals surface area contributed by atoms with Gasteiger partial charge in [0, 0.05) is 4.47 Å². The summed E-state index contributed by atoms with van der Waals surface area (Å²) in [7, 11) is 0. The summed E-state index contributed by atoms with van der Waals surface area (Å²) >= 11 is 3.22. The number of rotatable bonds is 3. The van der Waals surface area contributed by atoms with Gasteiger partial charge in [0.2, 0.25) is 5.82 Å². The Kier molecular flexibility index (Phi) is 4.19. The van der Waals surface area contributed by atoms with Crippen LogP contribution in [0.4, 0.5) is 8.78 Å². The van der Waals surface area contributed by atoms with Crippen molar-refractivity contribution >= 4 is 21.8 Å². The van der Waals surface area contributed by atoms with Crippen molar-refractivity contribution in [3.63, 3.8) is 0 Å². The van der Waals surface area contributed by atoms with E-state index in [1.54, 1.807) is 6.07 Å². The molecule has 0 atom stereocenters. The van der Waals surface area contributed by atoms with Crippen LogP contribution < -0.4 is 10.5 Å². The first-order valence-corrected chi connectivity index (χ1v) is 6.21. The van der Waals surface area contributed by atoms with Crippen molar-refractivity contribution in [2.75, 3.05) is 0 Å². The summed E-state index contributed by atoms with van der Waals surface area (Å²) in [5.74, 6) is -2.50. The minimum absolute atomic E-state index is 0.132. The normalized spacial score (nSPS) is 11.4. The minimum atomic E-state index is -1.11. The fourth-order valence-electron chi connectivity index (χ4n) is 1.53. The molecule has 0 heterocycles. The Labute approximate surface area is 121 Å². The first-order chi connectivity index (χ1) is 9.52. The molecule has 0 fully saturated rings. The molecule has 0 aliphatic rings. The fourth-order valence-corrected chi connectivity index (χ4v) is 1.89. The minimum Gasteiger partial charge on any atom is -0.453 e. The van der Waals surface area contributed by atoms with Crippen molar-refractivity contribution in [3.8, 4) is 11.5 Å². The average Bonchev–Trinajstić information content (AvgIpc) is 2.44. The summed E-state index contributed by atoms with van der Waals surface area (Å²) in [6.45, 7) is 0. The van der Waals surface area contributed by atoms with E-state index in [9.17, 15) is 8.78 Å². The third-order valence-corrected chi connectivity index (χ3v) is 2.95. The zero-order chi connectivity index (χ0) is 14.7. The Morgan fingerprint density at radius 3 is 2.65 bits per heavy atom. The molecule has 0 aliphatic heterocycles. The van der Waals surface area contributed by atoms with Crippen LogP contribution in [0.2, 0.25) is 0 Å². The van der Waals surface area contributed by atoms with Crippen LogP contribution in [0.25, 0.3) is 0 Å². The fraction of sp³-hybridized carbons (Fsp3) is 0.